The lowest BCUT2D eigenvalue weighted by Crippen LogP contribution is -2.42. The molecule has 37 heavy (non-hydrogen) atoms. The molecule has 8 nitrogen and oxygen atoms in total. The lowest BCUT2D eigenvalue weighted by Gasteiger charge is -2.20. The van der Waals surface area contributed by atoms with Crippen molar-refractivity contribution in [2.45, 2.75) is 44.8 Å². The van der Waals surface area contributed by atoms with Crippen molar-refractivity contribution in [1.29, 1.82) is 0 Å². The van der Waals surface area contributed by atoms with Crippen molar-refractivity contribution in [3.8, 4) is 11.1 Å². The van der Waals surface area contributed by atoms with Gasteiger partial charge in [-0.25, -0.2) is 14.4 Å². The predicted molar refractivity (Wildman–Crippen MR) is 140 cm³/mol. The first-order valence-corrected chi connectivity index (χ1v) is 12.0. The Balaban J connectivity index is 1.38. The summed E-state index contributed by atoms with van der Waals surface area (Å²) in [7, 11) is 0. The molecular weight excluding hydrogens is 472 g/mol. The van der Waals surface area contributed by atoms with E-state index in [1.165, 1.54) is 0 Å². The van der Waals surface area contributed by atoms with Crippen molar-refractivity contribution in [1.82, 2.24) is 5.32 Å². The zero-order valence-corrected chi connectivity index (χ0v) is 21.0. The van der Waals surface area contributed by atoms with E-state index in [1.807, 2.05) is 48.5 Å². The SMILES string of the molecule is CC(C)(C)OC(=O)Nc1cccc(C[C@@H](NC(=O)OCC2c3ccccc3-c3ccccc32)C(=O)O)c1. The normalized spacial score (nSPS) is 13.2. The molecule has 1 atom stereocenters. The van der Waals surface area contributed by atoms with Crippen molar-refractivity contribution < 1.29 is 29.0 Å². The van der Waals surface area contributed by atoms with Crippen LogP contribution in [0.15, 0.2) is 72.8 Å². The fourth-order valence-electron chi connectivity index (χ4n) is 4.42. The molecule has 0 radical (unpaired) electrons. The molecule has 0 saturated carbocycles. The summed E-state index contributed by atoms with van der Waals surface area (Å²) in [6.45, 7) is 5.36. The second-order valence-corrected chi connectivity index (χ2v) is 9.89. The molecule has 192 valence electrons. The standard InChI is InChI=1S/C29H30N2O6/c1-29(2,3)37-28(35)30-19-10-8-9-18(15-19)16-25(26(32)33)31-27(34)36-17-24-22-13-6-4-11-20(22)21-12-5-7-14-23(21)24/h4-15,24-25H,16-17H2,1-3H3,(H,30,35)(H,31,34)(H,32,33)/t25-/m1/s1. The number of nitrogens with one attached hydrogen (secondary N) is 2. The molecule has 0 saturated heterocycles. The monoisotopic (exact) mass is 502 g/mol. The highest BCUT2D eigenvalue weighted by atomic mass is 16.6. The largest absolute Gasteiger partial charge is 0.480 e. The first-order valence-electron chi connectivity index (χ1n) is 12.0. The van der Waals surface area contributed by atoms with Crippen LogP contribution in [0.1, 0.15) is 43.4 Å². The molecule has 0 unspecified atom stereocenters. The van der Waals surface area contributed by atoms with Gasteiger partial charge in [-0.1, -0.05) is 60.7 Å². The summed E-state index contributed by atoms with van der Waals surface area (Å²) in [5, 5.41) is 14.8. The quantitative estimate of drug-likeness (QED) is 0.389. The number of rotatable bonds is 7. The van der Waals surface area contributed by atoms with Gasteiger partial charge in [0.2, 0.25) is 0 Å². The third kappa shape index (κ3) is 6.46. The first-order chi connectivity index (χ1) is 17.6. The molecule has 1 aliphatic rings. The van der Waals surface area contributed by atoms with Gasteiger partial charge in [-0.05, 0) is 60.7 Å². The van der Waals surface area contributed by atoms with Crippen molar-refractivity contribution in [3.63, 3.8) is 0 Å². The van der Waals surface area contributed by atoms with Crippen molar-refractivity contribution in [3.05, 3.63) is 89.5 Å². The highest BCUT2D eigenvalue weighted by Gasteiger charge is 2.30. The first kappa shape index (κ1) is 25.8. The number of fused-ring (bicyclic) bond motifs is 3. The summed E-state index contributed by atoms with van der Waals surface area (Å²) in [4.78, 5) is 36.5. The molecule has 3 N–H and O–H groups in total. The van der Waals surface area contributed by atoms with Crippen molar-refractivity contribution >= 4 is 23.8 Å². The third-order valence-corrected chi connectivity index (χ3v) is 5.95. The fraction of sp³-hybridized carbons (Fsp3) is 0.276. The zero-order valence-electron chi connectivity index (χ0n) is 21.0. The van der Waals surface area contributed by atoms with Crippen LogP contribution in [0.3, 0.4) is 0 Å². The average molecular weight is 503 g/mol. The molecule has 3 aromatic rings. The number of carboxylic acids is 1. The molecule has 4 rings (SSSR count). The molecule has 0 spiro atoms. The van der Waals surface area contributed by atoms with E-state index in [-0.39, 0.29) is 18.9 Å². The van der Waals surface area contributed by atoms with Gasteiger partial charge in [-0.15, -0.1) is 0 Å². The molecule has 3 aromatic carbocycles. The van der Waals surface area contributed by atoms with Crippen LogP contribution in [-0.2, 0) is 20.7 Å². The summed E-state index contributed by atoms with van der Waals surface area (Å²) in [6.07, 6.45) is -1.42. The molecule has 0 heterocycles. The Kier molecular flexibility index (Phi) is 7.47. The summed E-state index contributed by atoms with van der Waals surface area (Å²) in [5.41, 5.74) is 4.77. The van der Waals surface area contributed by atoms with E-state index in [1.54, 1.807) is 45.0 Å². The number of carboxylic acid groups (broad SMARTS) is 1. The molecule has 0 fully saturated rings. The molecule has 2 amide bonds. The van der Waals surface area contributed by atoms with Crippen molar-refractivity contribution in [2.24, 2.45) is 0 Å². The third-order valence-electron chi connectivity index (χ3n) is 5.95. The van der Waals surface area contributed by atoms with E-state index in [9.17, 15) is 19.5 Å². The second-order valence-electron chi connectivity index (χ2n) is 9.89. The number of carbonyl (C=O) groups excluding carboxylic acids is 2. The Morgan fingerprint density at radius 3 is 2.11 bits per heavy atom. The fourth-order valence-corrected chi connectivity index (χ4v) is 4.42. The van der Waals surface area contributed by atoms with Gasteiger partial charge in [0.15, 0.2) is 0 Å². The van der Waals surface area contributed by atoms with Crippen LogP contribution in [0.25, 0.3) is 11.1 Å². The van der Waals surface area contributed by atoms with Gasteiger partial charge in [0.1, 0.15) is 18.2 Å². The minimum Gasteiger partial charge on any atom is -0.480 e. The zero-order chi connectivity index (χ0) is 26.6. The van der Waals surface area contributed by atoms with Crippen LogP contribution in [0.5, 0.6) is 0 Å². The topological polar surface area (TPSA) is 114 Å². The van der Waals surface area contributed by atoms with Crippen LogP contribution in [0.2, 0.25) is 0 Å². The maximum absolute atomic E-state index is 12.6. The number of anilines is 1. The van der Waals surface area contributed by atoms with Gasteiger partial charge in [-0.2, -0.15) is 0 Å². The van der Waals surface area contributed by atoms with E-state index in [4.69, 9.17) is 9.47 Å². The number of alkyl carbamates (subject to hydrolysis) is 1. The molecule has 8 heteroatoms. The number of benzene rings is 3. The van der Waals surface area contributed by atoms with E-state index >= 15 is 0 Å². The molecule has 0 bridgehead atoms. The molecule has 1 aliphatic carbocycles. The van der Waals surface area contributed by atoms with Crippen LogP contribution in [-0.4, -0.2) is 41.5 Å². The molecule has 0 aliphatic heterocycles. The predicted octanol–water partition coefficient (Wildman–Crippen LogP) is 5.57. The number of hydrogen-bond acceptors (Lipinski definition) is 5. The van der Waals surface area contributed by atoms with Crippen LogP contribution in [0.4, 0.5) is 15.3 Å². The molecule has 0 aromatic heterocycles. The summed E-state index contributed by atoms with van der Waals surface area (Å²) >= 11 is 0. The number of carbonyl (C=O) groups is 3. The maximum Gasteiger partial charge on any atom is 0.412 e. The summed E-state index contributed by atoms with van der Waals surface area (Å²) in [5.74, 6) is -1.32. The van der Waals surface area contributed by atoms with E-state index in [0.717, 1.165) is 22.3 Å². The van der Waals surface area contributed by atoms with E-state index in [0.29, 0.717) is 11.3 Å². The Morgan fingerprint density at radius 1 is 0.892 bits per heavy atom. The summed E-state index contributed by atoms with van der Waals surface area (Å²) in [6, 6.07) is 21.5. The minimum absolute atomic E-state index is 0.00334. The van der Waals surface area contributed by atoms with E-state index < -0.39 is 29.8 Å². The summed E-state index contributed by atoms with van der Waals surface area (Å²) < 4.78 is 10.7. The van der Waals surface area contributed by atoms with Crippen LogP contribution in [0, 0.1) is 0 Å². The lowest BCUT2D eigenvalue weighted by molar-refractivity contribution is -0.139. The van der Waals surface area contributed by atoms with Gasteiger partial charge in [0.05, 0.1) is 0 Å². The Bertz CT molecular complexity index is 1270. The highest BCUT2D eigenvalue weighted by Crippen LogP contribution is 2.44. The lowest BCUT2D eigenvalue weighted by atomic mass is 9.98. The van der Waals surface area contributed by atoms with Gasteiger partial charge >= 0.3 is 18.2 Å². The van der Waals surface area contributed by atoms with E-state index in [2.05, 4.69) is 10.6 Å². The van der Waals surface area contributed by atoms with Gasteiger partial charge in [0, 0.05) is 18.0 Å². The Morgan fingerprint density at radius 2 is 1.51 bits per heavy atom. The van der Waals surface area contributed by atoms with Crippen molar-refractivity contribution in [2.75, 3.05) is 11.9 Å². The number of ether oxygens (including phenoxy) is 2. The van der Waals surface area contributed by atoms with Gasteiger partial charge in [-0.3, -0.25) is 5.32 Å². The average Bonchev–Trinajstić information content (AvgIpc) is 3.15. The number of amides is 2. The van der Waals surface area contributed by atoms with Gasteiger partial charge in [0.25, 0.3) is 0 Å². The Labute approximate surface area is 215 Å². The van der Waals surface area contributed by atoms with Crippen LogP contribution >= 0.6 is 0 Å². The van der Waals surface area contributed by atoms with Gasteiger partial charge < -0.3 is 19.9 Å². The highest BCUT2D eigenvalue weighted by molar-refractivity contribution is 5.85. The smallest absolute Gasteiger partial charge is 0.412 e. The minimum atomic E-state index is -1.22. The number of hydrogen-bond donors (Lipinski definition) is 3. The maximum atomic E-state index is 12.6. The second kappa shape index (κ2) is 10.7. The number of aliphatic carboxylic acids is 1. The Hall–Kier alpha value is -4.33. The van der Waals surface area contributed by atoms with Crippen LogP contribution < -0.4 is 10.6 Å². The molecular formula is C29H30N2O6.